The number of pyridine rings is 1. The van der Waals surface area contributed by atoms with E-state index in [1.807, 2.05) is 49.1 Å². The van der Waals surface area contributed by atoms with E-state index in [1.165, 1.54) is 4.68 Å². The molecule has 0 amide bonds. The fourth-order valence-electron chi connectivity index (χ4n) is 3.54. The fraction of sp³-hybridized carbons (Fsp3) is 0.250. The van der Waals surface area contributed by atoms with E-state index in [0.29, 0.717) is 24.9 Å². The first-order valence-corrected chi connectivity index (χ1v) is 10.1. The van der Waals surface area contributed by atoms with E-state index in [0.717, 1.165) is 32.1 Å². The van der Waals surface area contributed by atoms with Crippen LogP contribution in [0.25, 0.3) is 21.3 Å². The highest BCUT2D eigenvalue weighted by Gasteiger charge is 2.18. The molecule has 5 heterocycles. The lowest BCUT2D eigenvalue weighted by Gasteiger charge is -2.04. The number of hydrogen-bond donors (Lipinski definition) is 0. The van der Waals surface area contributed by atoms with Crippen LogP contribution in [0.15, 0.2) is 47.7 Å². The average molecular weight is 405 g/mol. The predicted octanol–water partition coefficient (Wildman–Crippen LogP) is 2.31. The minimum absolute atomic E-state index is 0.0996. The Hall–Kier alpha value is -3.33. The smallest absolute Gasteiger partial charge is 0.291 e. The van der Waals surface area contributed by atoms with Crippen LogP contribution >= 0.6 is 11.3 Å². The second kappa shape index (κ2) is 6.93. The first-order chi connectivity index (χ1) is 14.1. The normalized spacial score (nSPS) is 11.7. The number of hydrogen-bond acceptors (Lipinski definition) is 6. The molecule has 29 heavy (non-hydrogen) atoms. The van der Waals surface area contributed by atoms with Crippen LogP contribution in [0.5, 0.6) is 0 Å². The molecule has 0 aliphatic heterocycles. The summed E-state index contributed by atoms with van der Waals surface area (Å²) in [6, 6.07) is 7.82. The summed E-state index contributed by atoms with van der Waals surface area (Å²) in [6.07, 6.45) is 6.80. The number of thiazole rings is 1. The van der Waals surface area contributed by atoms with E-state index >= 15 is 0 Å². The molecule has 0 saturated carbocycles. The number of rotatable bonds is 5. The van der Waals surface area contributed by atoms with Gasteiger partial charge in [-0.3, -0.25) is 14.5 Å². The predicted molar refractivity (Wildman–Crippen MR) is 112 cm³/mol. The summed E-state index contributed by atoms with van der Waals surface area (Å²) in [4.78, 5) is 22.2. The molecule has 5 aromatic rings. The Morgan fingerprint density at radius 2 is 2.03 bits per heavy atom. The fourth-order valence-corrected chi connectivity index (χ4v) is 4.66. The number of aryl methyl sites for hydroxylation is 4. The standard InChI is InChI=1S/C20H19N7OS/c1-25-9-6-13(24-25)7-10-27-20(28)17-15(12-22-27)18-19(26(17)2)23-16(29-18)11-14-5-3-4-8-21-14/h3-6,8-9,12H,7,10-11H2,1-2H3. The van der Waals surface area contributed by atoms with Crippen molar-refractivity contribution in [3.63, 3.8) is 0 Å². The number of nitrogens with zero attached hydrogens (tertiary/aromatic N) is 7. The molecule has 5 rings (SSSR count). The van der Waals surface area contributed by atoms with Crippen molar-refractivity contribution in [2.75, 3.05) is 0 Å². The quantitative estimate of drug-likeness (QED) is 0.448. The molecule has 0 aliphatic carbocycles. The Morgan fingerprint density at radius 3 is 2.79 bits per heavy atom. The SMILES string of the molecule is Cn1ccc(CCn2ncc3c4sc(Cc5ccccn5)nc4n(C)c3c2=O)n1. The van der Waals surface area contributed by atoms with Gasteiger partial charge < -0.3 is 4.57 Å². The Balaban J connectivity index is 1.50. The van der Waals surface area contributed by atoms with Gasteiger partial charge in [0, 0.05) is 50.4 Å². The molecule has 0 aliphatic rings. The molecule has 0 radical (unpaired) electrons. The molecular weight excluding hydrogens is 386 g/mol. The van der Waals surface area contributed by atoms with Crippen LogP contribution in [0.1, 0.15) is 16.4 Å². The third-order valence-corrected chi connectivity index (χ3v) is 6.05. The molecule has 0 aromatic carbocycles. The number of fused-ring (bicyclic) bond motifs is 3. The second-order valence-electron chi connectivity index (χ2n) is 6.98. The van der Waals surface area contributed by atoms with E-state index in [4.69, 9.17) is 4.98 Å². The van der Waals surface area contributed by atoms with Gasteiger partial charge in [0.15, 0.2) is 5.65 Å². The third-order valence-electron chi connectivity index (χ3n) is 4.98. The summed E-state index contributed by atoms with van der Waals surface area (Å²) >= 11 is 1.60. The molecule has 0 N–H and O–H groups in total. The van der Waals surface area contributed by atoms with Gasteiger partial charge in [0.05, 0.1) is 23.1 Å². The van der Waals surface area contributed by atoms with Gasteiger partial charge in [0.25, 0.3) is 5.56 Å². The van der Waals surface area contributed by atoms with E-state index in [1.54, 1.807) is 28.4 Å². The Bertz CT molecular complexity index is 1380. The van der Waals surface area contributed by atoms with E-state index in [2.05, 4.69) is 15.2 Å². The highest BCUT2D eigenvalue weighted by Crippen LogP contribution is 2.31. The molecule has 0 saturated heterocycles. The summed E-state index contributed by atoms with van der Waals surface area (Å²) in [5.74, 6) is 0. The zero-order valence-electron chi connectivity index (χ0n) is 16.1. The molecule has 9 heteroatoms. The van der Waals surface area contributed by atoms with Gasteiger partial charge in [-0.1, -0.05) is 6.07 Å². The zero-order chi connectivity index (χ0) is 20.0. The first-order valence-electron chi connectivity index (χ1n) is 9.32. The second-order valence-corrected chi connectivity index (χ2v) is 8.07. The van der Waals surface area contributed by atoms with Crippen molar-refractivity contribution in [1.29, 1.82) is 0 Å². The highest BCUT2D eigenvalue weighted by molar-refractivity contribution is 7.19. The van der Waals surface area contributed by atoms with Crippen LogP contribution in [0.3, 0.4) is 0 Å². The van der Waals surface area contributed by atoms with Gasteiger partial charge in [-0.15, -0.1) is 11.3 Å². The Kier molecular flexibility index (Phi) is 4.24. The molecule has 0 atom stereocenters. The average Bonchev–Trinajstić information content (AvgIpc) is 3.39. The maximum atomic E-state index is 13.0. The summed E-state index contributed by atoms with van der Waals surface area (Å²) in [5, 5.41) is 10.6. The molecular formula is C20H19N7OS. The summed E-state index contributed by atoms with van der Waals surface area (Å²) in [7, 11) is 3.77. The largest absolute Gasteiger partial charge is 0.323 e. The molecule has 0 bridgehead atoms. The van der Waals surface area contributed by atoms with Crippen molar-refractivity contribution in [3.05, 3.63) is 69.6 Å². The van der Waals surface area contributed by atoms with Crippen LogP contribution in [0.4, 0.5) is 0 Å². The summed E-state index contributed by atoms with van der Waals surface area (Å²) in [6.45, 7) is 0.489. The summed E-state index contributed by atoms with van der Waals surface area (Å²) < 4.78 is 6.14. The number of aromatic nitrogens is 7. The topological polar surface area (TPSA) is 83.4 Å². The lowest BCUT2D eigenvalue weighted by atomic mass is 10.3. The van der Waals surface area contributed by atoms with Gasteiger partial charge in [0.2, 0.25) is 0 Å². The lowest BCUT2D eigenvalue weighted by Crippen LogP contribution is -2.25. The van der Waals surface area contributed by atoms with Crippen LogP contribution in [-0.2, 0) is 33.5 Å². The maximum absolute atomic E-state index is 13.0. The minimum atomic E-state index is -0.0996. The third kappa shape index (κ3) is 3.13. The Labute approximate surface area is 170 Å². The van der Waals surface area contributed by atoms with Crippen molar-refractivity contribution in [2.24, 2.45) is 14.1 Å². The lowest BCUT2D eigenvalue weighted by molar-refractivity contribution is 0.572. The van der Waals surface area contributed by atoms with Crippen molar-refractivity contribution in [3.8, 4) is 0 Å². The highest BCUT2D eigenvalue weighted by atomic mass is 32.1. The van der Waals surface area contributed by atoms with Crippen LogP contribution in [0.2, 0.25) is 0 Å². The van der Waals surface area contributed by atoms with Crippen molar-refractivity contribution < 1.29 is 0 Å². The molecule has 8 nitrogen and oxygen atoms in total. The Morgan fingerprint density at radius 1 is 1.14 bits per heavy atom. The van der Waals surface area contributed by atoms with E-state index in [-0.39, 0.29) is 5.56 Å². The first kappa shape index (κ1) is 17.7. The van der Waals surface area contributed by atoms with Crippen molar-refractivity contribution in [1.82, 2.24) is 34.1 Å². The van der Waals surface area contributed by atoms with Crippen LogP contribution in [-0.4, -0.2) is 34.1 Å². The minimum Gasteiger partial charge on any atom is -0.323 e. The molecule has 0 spiro atoms. The molecule has 146 valence electrons. The molecule has 0 unspecified atom stereocenters. The van der Waals surface area contributed by atoms with Gasteiger partial charge in [-0.2, -0.15) is 10.2 Å². The monoisotopic (exact) mass is 405 g/mol. The van der Waals surface area contributed by atoms with E-state index in [9.17, 15) is 4.79 Å². The maximum Gasteiger partial charge on any atom is 0.291 e. The van der Waals surface area contributed by atoms with Crippen LogP contribution in [0, 0.1) is 0 Å². The van der Waals surface area contributed by atoms with Crippen LogP contribution < -0.4 is 5.56 Å². The van der Waals surface area contributed by atoms with Gasteiger partial charge in [0.1, 0.15) is 10.5 Å². The van der Waals surface area contributed by atoms with Crippen molar-refractivity contribution in [2.45, 2.75) is 19.4 Å². The van der Waals surface area contributed by atoms with Gasteiger partial charge in [-0.25, -0.2) is 9.67 Å². The summed E-state index contributed by atoms with van der Waals surface area (Å²) in [5.41, 5.74) is 3.27. The van der Waals surface area contributed by atoms with Gasteiger partial charge >= 0.3 is 0 Å². The molecule has 5 aromatic heterocycles. The molecule has 0 fully saturated rings. The zero-order valence-corrected chi connectivity index (χ0v) is 16.9. The van der Waals surface area contributed by atoms with Gasteiger partial charge in [-0.05, 0) is 18.2 Å². The van der Waals surface area contributed by atoms with Crippen molar-refractivity contribution >= 4 is 32.6 Å². The van der Waals surface area contributed by atoms with E-state index < -0.39 is 0 Å².